The Hall–Kier alpha value is -8.01. The molecule has 3 heteroatoms. The van der Waals surface area contributed by atoms with Crippen molar-refractivity contribution in [3.8, 4) is 89.8 Å². The number of hydrogen-bond acceptors (Lipinski definition) is 3. The molecule has 4 fully saturated rings. The van der Waals surface area contributed by atoms with Gasteiger partial charge in [-0.1, -0.05) is 200 Å². The summed E-state index contributed by atoms with van der Waals surface area (Å²) in [5.41, 5.74) is 22.1. The fourth-order valence-electron chi connectivity index (χ4n) is 14.6. The monoisotopic (exact) mass is 909 g/mol. The maximum absolute atomic E-state index is 5.22. The summed E-state index contributed by atoms with van der Waals surface area (Å²) in [6.07, 6.45) is 8.55. The van der Waals surface area contributed by atoms with Crippen LogP contribution >= 0.6 is 0 Å². The van der Waals surface area contributed by atoms with Gasteiger partial charge in [0.2, 0.25) is 0 Å². The van der Waals surface area contributed by atoms with Crippen LogP contribution in [0.1, 0.15) is 66.3 Å². The summed E-state index contributed by atoms with van der Waals surface area (Å²) in [5.74, 6) is 4.79. The number of rotatable bonds is 7. The van der Waals surface area contributed by atoms with Gasteiger partial charge >= 0.3 is 0 Å². The minimum atomic E-state index is -0.456. The lowest BCUT2D eigenvalue weighted by Gasteiger charge is -2.57. The first-order chi connectivity index (χ1) is 35.1. The summed E-state index contributed by atoms with van der Waals surface area (Å²) in [6, 6.07) is 80.6. The van der Waals surface area contributed by atoms with E-state index < -0.39 is 5.41 Å². The molecule has 0 saturated heterocycles. The Kier molecular flexibility index (Phi) is 9.06. The lowest BCUT2D eigenvalue weighted by molar-refractivity contribution is -0.00518. The SMILES string of the molecule is c1ccc(-c2ccc3c(c2)C2(c4ccccc4-c4ccccc42)c2cc(-c4ccc(-c5nc(-c6ccccc6)nc(-c6cccc(-c7ccc(C89CC%10CC(CC(C%10)C8)C9)cc7)c6)n5)cc4)ccc2-3)cc1. The van der Waals surface area contributed by atoms with Crippen LogP contribution in [-0.2, 0) is 10.8 Å². The second-order valence-electron chi connectivity index (χ2n) is 21.3. The molecule has 3 nitrogen and oxygen atoms in total. The topological polar surface area (TPSA) is 38.7 Å². The highest BCUT2D eigenvalue weighted by molar-refractivity contribution is 5.97. The van der Waals surface area contributed by atoms with Crippen LogP contribution in [0.5, 0.6) is 0 Å². The Bertz CT molecular complexity index is 3640. The first-order valence-corrected chi connectivity index (χ1v) is 25.7. The molecule has 0 amide bonds. The van der Waals surface area contributed by atoms with Crippen LogP contribution in [0.25, 0.3) is 89.8 Å². The van der Waals surface area contributed by atoms with Gasteiger partial charge in [0.1, 0.15) is 0 Å². The molecule has 1 aromatic heterocycles. The molecule has 9 aromatic carbocycles. The standard InChI is InChI=1S/C68H51N3/c1-3-12-46(13-4-1)52-28-32-58-59-33-29-53(39-63(59)68(62(58)38-52)60-20-9-7-18-56(60)57-19-8-10-21-61(57)68)47-22-24-50(25-23-47)65-69-64(49-14-5-2-6-15-49)70-66(71-65)54-17-11-16-51(37-54)48-26-30-55(31-27-48)67-40-43-34-44(41-67)36-45(35-43)42-67/h1-33,37-39,43-45H,34-36,40-42H2. The zero-order valence-electron chi connectivity index (χ0n) is 39.6. The molecule has 16 rings (SSSR count). The van der Waals surface area contributed by atoms with Gasteiger partial charge in [-0.25, -0.2) is 15.0 Å². The summed E-state index contributed by atoms with van der Waals surface area (Å²) in [6.45, 7) is 0. The van der Waals surface area contributed by atoms with Crippen LogP contribution in [0.4, 0.5) is 0 Å². The van der Waals surface area contributed by atoms with Crippen LogP contribution in [0.15, 0.2) is 218 Å². The summed E-state index contributed by atoms with van der Waals surface area (Å²) in [5, 5.41) is 0. The Morgan fingerprint density at radius 1 is 0.282 bits per heavy atom. The second-order valence-corrected chi connectivity index (χ2v) is 21.3. The van der Waals surface area contributed by atoms with Crippen LogP contribution in [0, 0.1) is 17.8 Å². The van der Waals surface area contributed by atoms with Crippen molar-refractivity contribution in [2.24, 2.45) is 17.8 Å². The maximum atomic E-state index is 5.22. The van der Waals surface area contributed by atoms with Gasteiger partial charge in [-0.3, -0.25) is 0 Å². The van der Waals surface area contributed by atoms with E-state index in [1.165, 1.54) is 111 Å². The molecule has 0 unspecified atom stereocenters. The summed E-state index contributed by atoms with van der Waals surface area (Å²) in [7, 11) is 0. The van der Waals surface area contributed by atoms with Crippen molar-refractivity contribution in [2.45, 2.75) is 49.4 Å². The van der Waals surface area contributed by atoms with E-state index in [0.717, 1.165) is 40.0 Å². The molecule has 0 atom stereocenters. The predicted molar refractivity (Wildman–Crippen MR) is 289 cm³/mol. The van der Waals surface area contributed by atoms with Crippen molar-refractivity contribution in [1.82, 2.24) is 15.0 Å². The third kappa shape index (κ3) is 6.38. The molecule has 0 N–H and O–H groups in total. The van der Waals surface area contributed by atoms with Gasteiger partial charge in [0.05, 0.1) is 5.41 Å². The van der Waals surface area contributed by atoms with Crippen molar-refractivity contribution in [3.63, 3.8) is 0 Å². The minimum Gasteiger partial charge on any atom is -0.208 e. The van der Waals surface area contributed by atoms with Crippen molar-refractivity contribution in [1.29, 1.82) is 0 Å². The molecular weight excluding hydrogens is 859 g/mol. The number of nitrogens with zero attached hydrogens (tertiary/aromatic N) is 3. The Labute approximate surface area is 416 Å². The third-order valence-corrected chi connectivity index (χ3v) is 17.3. The lowest BCUT2D eigenvalue weighted by Crippen LogP contribution is -2.48. The van der Waals surface area contributed by atoms with E-state index in [4.69, 9.17) is 15.0 Å². The number of benzene rings is 9. The predicted octanol–water partition coefficient (Wildman–Crippen LogP) is 16.7. The van der Waals surface area contributed by atoms with E-state index in [2.05, 4.69) is 200 Å². The molecule has 6 aliphatic rings. The van der Waals surface area contributed by atoms with Crippen LogP contribution in [0.3, 0.4) is 0 Å². The van der Waals surface area contributed by atoms with Gasteiger partial charge in [-0.2, -0.15) is 0 Å². The second kappa shape index (κ2) is 15.8. The maximum Gasteiger partial charge on any atom is 0.164 e. The van der Waals surface area contributed by atoms with E-state index in [9.17, 15) is 0 Å². The number of aromatic nitrogens is 3. The highest BCUT2D eigenvalue weighted by Crippen LogP contribution is 2.64. The van der Waals surface area contributed by atoms with Crippen LogP contribution in [-0.4, -0.2) is 15.0 Å². The van der Waals surface area contributed by atoms with Crippen LogP contribution < -0.4 is 0 Å². The zero-order valence-corrected chi connectivity index (χ0v) is 39.6. The van der Waals surface area contributed by atoms with Gasteiger partial charge in [0, 0.05) is 16.7 Å². The Morgan fingerprint density at radius 3 is 1.20 bits per heavy atom. The highest BCUT2D eigenvalue weighted by Gasteiger charge is 2.53. The Balaban J connectivity index is 0.795. The minimum absolute atomic E-state index is 0.391. The normalized spacial score (nSPS) is 20.4. The molecular formula is C68H51N3. The van der Waals surface area contributed by atoms with Crippen molar-refractivity contribution in [3.05, 3.63) is 246 Å². The highest BCUT2D eigenvalue weighted by atomic mass is 15.0. The molecule has 4 saturated carbocycles. The molecule has 338 valence electrons. The molecule has 0 radical (unpaired) electrons. The van der Waals surface area contributed by atoms with Crippen molar-refractivity contribution < 1.29 is 0 Å². The fraction of sp³-hybridized carbons (Fsp3) is 0.162. The van der Waals surface area contributed by atoms with E-state index >= 15 is 0 Å². The Morgan fingerprint density at radius 2 is 0.648 bits per heavy atom. The quantitative estimate of drug-likeness (QED) is 0.160. The largest absolute Gasteiger partial charge is 0.208 e. The first kappa shape index (κ1) is 40.8. The van der Waals surface area contributed by atoms with Gasteiger partial charge in [0.25, 0.3) is 0 Å². The van der Waals surface area contributed by atoms with Crippen LogP contribution in [0.2, 0.25) is 0 Å². The first-order valence-electron chi connectivity index (χ1n) is 25.7. The van der Waals surface area contributed by atoms with E-state index in [-0.39, 0.29) is 0 Å². The molecule has 4 bridgehead atoms. The summed E-state index contributed by atoms with van der Waals surface area (Å²) >= 11 is 0. The van der Waals surface area contributed by atoms with Crippen molar-refractivity contribution in [2.75, 3.05) is 0 Å². The van der Waals surface area contributed by atoms with Gasteiger partial charge in [-0.05, 0) is 163 Å². The van der Waals surface area contributed by atoms with E-state index in [1.54, 1.807) is 5.56 Å². The van der Waals surface area contributed by atoms with Gasteiger partial charge < -0.3 is 0 Å². The zero-order chi connectivity index (χ0) is 46.7. The average Bonchev–Trinajstić information content (AvgIpc) is 3.91. The third-order valence-electron chi connectivity index (χ3n) is 17.3. The van der Waals surface area contributed by atoms with Crippen molar-refractivity contribution >= 4 is 0 Å². The lowest BCUT2D eigenvalue weighted by atomic mass is 9.48. The van der Waals surface area contributed by atoms with E-state index in [1.807, 2.05) is 18.2 Å². The number of fused-ring (bicyclic) bond motifs is 10. The van der Waals surface area contributed by atoms with Gasteiger partial charge in [-0.15, -0.1) is 0 Å². The average molecular weight is 910 g/mol. The molecule has 6 aliphatic carbocycles. The molecule has 0 aliphatic heterocycles. The molecule has 1 spiro atoms. The summed E-state index contributed by atoms with van der Waals surface area (Å²) < 4.78 is 0. The molecule has 1 heterocycles. The summed E-state index contributed by atoms with van der Waals surface area (Å²) in [4.78, 5) is 15.5. The molecule has 10 aromatic rings. The van der Waals surface area contributed by atoms with E-state index in [0.29, 0.717) is 22.9 Å². The fourth-order valence-corrected chi connectivity index (χ4v) is 14.6. The van der Waals surface area contributed by atoms with Gasteiger partial charge in [0.15, 0.2) is 17.5 Å². The molecule has 71 heavy (non-hydrogen) atoms. The smallest absolute Gasteiger partial charge is 0.164 e. The number of hydrogen-bond donors (Lipinski definition) is 0.